The molecule has 3 atom stereocenters. The van der Waals surface area contributed by atoms with Gasteiger partial charge < -0.3 is 10.1 Å². The first-order valence-electron chi connectivity index (χ1n) is 13.0. The largest absolute Gasteiger partial charge is 0.416 e. The van der Waals surface area contributed by atoms with E-state index < -0.39 is 41.3 Å². The number of carbonyl (C=O) groups excluding carboxylic acids is 2. The van der Waals surface area contributed by atoms with Crippen molar-refractivity contribution in [3.8, 4) is 5.69 Å². The fraction of sp³-hybridized carbons (Fsp3) is 0.233. The summed E-state index contributed by atoms with van der Waals surface area (Å²) in [5.41, 5.74) is 1.20. The van der Waals surface area contributed by atoms with Gasteiger partial charge in [0.2, 0.25) is 0 Å². The molecule has 0 saturated carbocycles. The van der Waals surface area contributed by atoms with Gasteiger partial charge in [0.1, 0.15) is 29.5 Å². The smallest absolute Gasteiger partial charge is 0.366 e. The van der Waals surface area contributed by atoms with Crippen LogP contribution in [-0.2, 0) is 15.7 Å². The summed E-state index contributed by atoms with van der Waals surface area (Å²) in [6.07, 6.45) is -4.99. The molecule has 1 saturated heterocycles. The summed E-state index contributed by atoms with van der Waals surface area (Å²) in [5, 5.41) is 7.54. The summed E-state index contributed by atoms with van der Waals surface area (Å²) in [5.74, 6) is -2.14. The third-order valence-corrected chi connectivity index (χ3v) is 7.28. The number of likely N-dealkylation sites (N-methyl/N-ethyl adjacent to an activating group) is 1. The highest BCUT2D eigenvalue weighted by Gasteiger charge is 2.48. The second-order valence-electron chi connectivity index (χ2n) is 9.83. The highest BCUT2D eigenvalue weighted by atomic mass is 19.4. The Hall–Kier alpha value is -4.51. The van der Waals surface area contributed by atoms with Crippen LogP contribution < -0.4 is 10.2 Å². The minimum absolute atomic E-state index is 0.224. The number of halogens is 4. The van der Waals surface area contributed by atoms with Crippen molar-refractivity contribution in [1.29, 1.82) is 0 Å². The summed E-state index contributed by atoms with van der Waals surface area (Å²) in [6, 6.07) is 17.6. The van der Waals surface area contributed by atoms with Crippen molar-refractivity contribution < 1.29 is 31.9 Å². The van der Waals surface area contributed by atoms with Crippen molar-refractivity contribution in [3.05, 3.63) is 113 Å². The number of nitrogens with zero attached hydrogens (tertiary/aromatic N) is 3. The molecule has 4 aromatic rings. The molecule has 2 aliphatic heterocycles. The van der Waals surface area contributed by atoms with Gasteiger partial charge in [0.15, 0.2) is 0 Å². The first-order valence-corrected chi connectivity index (χ1v) is 13.0. The number of alkyl halides is 3. The average Bonchev–Trinajstić information content (AvgIpc) is 3.74. The second kappa shape index (κ2) is 10.2. The van der Waals surface area contributed by atoms with Crippen LogP contribution in [0.15, 0.2) is 78.9 Å². The van der Waals surface area contributed by atoms with E-state index in [0.717, 1.165) is 18.2 Å². The maximum absolute atomic E-state index is 14.1. The summed E-state index contributed by atoms with van der Waals surface area (Å²) in [4.78, 5) is 29.0. The topological polar surface area (TPSA) is 79.8 Å². The van der Waals surface area contributed by atoms with Crippen LogP contribution in [0.3, 0.4) is 0 Å². The number of aromatic nitrogens is 2. The van der Waals surface area contributed by atoms with Gasteiger partial charge in [0, 0.05) is 23.6 Å². The van der Waals surface area contributed by atoms with Crippen molar-refractivity contribution in [2.24, 2.45) is 0 Å². The lowest BCUT2D eigenvalue weighted by Gasteiger charge is -2.38. The van der Waals surface area contributed by atoms with Gasteiger partial charge in [-0.2, -0.15) is 18.3 Å². The molecule has 3 heterocycles. The summed E-state index contributed by atoms with van der Waals surface area (Å²) in [7, 11) is 0. The number of hydrogen-bond acceptors (Lipinski definition) is 4. The number of nitrogens with one attached hydrogen (secondary N) is 1. The van der Waals surface area contributed by atoms with Crippen LogP contribution >= 0.6 is 0 Å². The van der Waals surface area contributed by atoms with Gasteiger partial charge in [-0.25, -0.2) is 9.07 Å². The van der Waals surface area contributed by atoms with Crippen molar-refractivity contribution in [2.45, 2.75) is 31.2 Å². The zero-order valence-electron chi connectivity index (χ0n) is 21.7. The van der Waals surface area contributed by atoms with Crippen LogP contribution in [0.2, 0.25) is 0 Å². The number of fused-ring (bicyclic) bond motifs is 1. The van der Waals surface area contributed by atoms with Gasteiger partial charge in [0.25, 0.3) is 11.8 Å². The minimum atomic E-state index is -4.65. The Bertz CT molecular complexity index is 1620. The zero-order valence-corrected chi connectivity index (χ0v) is 21.7. The van der Waals surface area contributed by atoms with E-state index >= 15 is 0 Å². The monoisotopic (exact) mass is 564 g/mol. The van der Waals surface area contributed by atoms with E-state index in [2.05, 4.69) is 5.32 Å². The van der Waals surface area contributed by atoms with Crippen LogP contribution in [0.25, 0.3) is 5.69 Å². The van der Waals surface area contributed by atoms with Gasteiger partial charge >= 0.3 is 6.18 Å². The van der Waals surface area contributed by atoms with Crippen LogP contribution in [0.5, 0.6) is 0 Å². The van der Waals surface area contributed by atoms with E-state index in [9.17, 15) is 27.2 Å². The van der Waals surface area contributed by atoms with Crippen molar-refractivity contribution in [2.75, 3.05) is 18.1 Å². The molecular formula is C30H24F4N4O3. The zero-order chi connectivity index (χ0) is 28.9. The third-order valence-electron chi connectivity index (χ3n) is 7.28. The number of ether oxygens (including phenoxy) is 1. The highest BCUT2D eigenvalue weighted by Crippen LogP contribution is 2.47. The van der Waals surface area contributed by atoms with Crippen LogP contribution in [0, 0.1) is 5.82 Å². The molecule has 7 nitrogen and oxygen atoms in total. The number of amides is 2. The number of benzene rings is 3. The highest BCUT2D eigenvalue weighted by molar-refractivity contribution is 6.05. The molecule has 210 valence electrons. The molecule has 1 fully saturated rings. The lowest BCUT2D eigenvalue weighted by Crippen LogP contribution is -2.55. The number of hydrogen-bond donors (Lipinski definition) is 1. The number of carbonyl (C=O) groups is 2. The lowest BCUT2D eigenvalue weighted by molar-refractivity contribution is -0.137. The summed E-state index contributed by atoms with van der Waals surface area (Å²) in [6.45, 7) is 2.42. The molecule has 41 heavy (non-hydrogen) atoms. The molecule has 0 bridgehead atoms. The van der Waals surface area contributed by atoms with Gasteiger partial charge in [0.05, 0.1) is 17.9 Å². The molecule has 3 aromatic carbocycles. The Kier molecular flexibility index (Phi) is 6.61. The molecule has 1 aromatic heterocycles. The van der Waals surface area contributed by atoms with E-state index in [1.165, 1.54) is 35.2 Å². The predicted molar refractivity (Wildman–Crippen MR) is 141 cm³/mol. The summed E-state index contributed by atoms with van der Waals surface area (Å²) < 4.78 is 61.3. The molecule has 0 aliphatic carbocycles. The molecular weight excluding hydrogens is 540 g/mol. The molecule has 11 heteroatoms. The van der Waals surface area contributed by atoms with E-state index in [0.29, 0.717) is 34.9 Å². The SMILES string of the molecule is CCN1C(=O)[C@H](NC(=O)c2cccc(C(F)(F)F)c2)[C@H](c2ccc(F)cc2)c2c([C@H]3CO3)nn(-c3ccccc3)c21. The van der Waals surface area contributed by atoms with Crippen molar-refractivity contribution in [3.63, 3.8) is 0 Å². The molecule has 0 spiro atoms. The Morgan fingerprint density at radius 2 is 1.76 bits per heavy atom. The van der Waals surface area contributed by atoms with Crippen LogP contribution in [-0.4, -0.2) is 40.8 Å². The molecule has 6 rings (SSSR count). The molecule has 2 amide bonds. The number of epoxide rings is 1. The molecule has 1 N–H and O–H groups in total. The average molecular weight is 565 g/mol. The first kappa shape index (κ1) is 26.7. The molecule has 2 aliphatic rings. The maximum atomic E-state index is 14.1. The van der Waals surface area contributed by atoms with Gasteiger partial charge in [-0.1, -0.05) is 36.4 Å². The maximum Gasteiger partial charge on any atom is 0.416 e. The number of anilines is 1. The Morgan fingerprint density at radius 1 is 1.05 bits per heavy atom. The van der Waals surface area contributed by atoms with E-state index in [-0.39, 0.29) is 18.2 Å². The van der Waals surface area contributed by atoms with Crippen LogP contribution in [0.4, 0.5) is 23.4 Å². The standard InChI is InChI=1S/C30H24F4N4O3/c1-2-37-28-24(25(22-16-41-22)36-38(28)21-9-4-3-5-10-21)23(17-11-13-20(31)14-12-17)26(29(37)40)35-27(39)18-7-6-8-19(15-18)30(32,33)34/h3-15,22-23,26H,2,16H2,1H3,(H,35,39)/t22-,23-,26-/m1/s1. The van der Waals surface area contributed by atoms with Gasteiger partial charge in [-0.3, -0.25) is 14.5 Å². The fourth-order valence-electron chi connectivity index (χ4n) is 5.31. The Morgan fingerprint density at radius 3 is 2.39 bits per heavy atom. The molecule has 0 unspecified atom stereocenters. The molecule has 0 radical (unpaired) electrons. The van der Waals surface area contributed by atoms with Crippen molar-refractivity contribution in [1.82, 2.24) is 15.1 Å². The number of rotatable bonds is 6. The minimum Gasteiger partial charge on any atom is -0.366 e. The normalized spacial score (nSPS) is 20.1. The van der Waals surface area contributed by atoms with E-state index in [1.54, 1.807) is 11.6 Å². The fourth-order valence-corrected chi connectivity index (χ4v) is 5.31. The quantitative estimate of drug-likeness (QED) is 0.251. The lowest BCUT2D eigenvalue weighted by atomic mass is 9.80. The second-order valence-corrected chi connectivity index (χ2v) is 9.83. The van der Waals surface area contributed by atoms with Crippen molar-refractivity contribution >= 4 is 17.6 Å². The third kappa shape index (κ3) is 4.86. The first-order chi connectivity index (χ1) is 19.7. The Labute approximate surface area is 232 Å². The Balaban J connectivity index is 1.52. The van der Waals surface area contributed by atoms with Crippen LogP contribution in [0.1, 0.15) is 51.7 Å². The van der Waals surface area contributed by atoms with Gasteiger partial charge in [-0.15, -0.1) is 0 Å². The summed E-state index contributed by atoms with van der Waals surface area (Å²) >= 11 is 0. The number of para-hydroxylation sites is 1. The van der Waals surface area contributed by atoms with E-state index in [4.69, 9.17) is 9.84 Å². The van der Waals surface area contributed by atoms with E-state index in [1.807, 2.05) is 30.3 Å². The van der Waals surface area contributed by atoms with Gasteiger partial charge in [-0.05, 0) is 55.0 Å². The predicted octanol–water partition coefficient (Wildman–Crippen LogP) is 5.40.